The van der Waals surface area contributed by atoms with Crippen molar-refractivity contribution in [1.82, 2.24) is 0 Å². The second-order valence-electron chi connectivity index (χ2n) is 3.19. The van der Waals surface area contributed by atoms with Gasteiger partial charge in [0.15, 0.2) is 0 Å². The van der Waals surface area contributed by atoms with Gasteiger partial charge in [0, 0.05) is 5.03 Å². The lowest BCUT2D eigenvalue weighted by atomic mass is 9.94. The maximum Gasteiger partial charge on any atom is 0.273 e. The fraction of sp³-hybridized carbons (Fsp3) is 0.429. The van der Waals surface area contributed by atoms with Crippen LogP contribution in [-0.2, 0) is 10.1 Å². The highest BCUT2D eigenvalue weighted by Crippen LogP contribution is 2.25. The molecular formula is C7H10ClNO3S. The van der Waals surface area contributed by atoms with Gasteiger partial charge in [-0.1, -0.05) is 17.7 Å². The van der Waals surface area contributed by atoms with Crippen LogP contribution in [0.2, 0.25) is 0 Å². The molecule has 2 unspecified atom stereocenters. The van der Waals surface area contributed by atoms with Crippen molar-refractivity contribution in [2.75, 3.05) is 0 Å². The summed E-state index contributed by atoms with van der Waals surface area (Å²) < 4.78 is 30.6. The molecule has 2 atom stereocenters. The first-order valence-electron chi connectivity index (χ1n) is 3.55. The highest BCUT2D eigenvalue weighted by atomic mass is 35.5. The fourth-order valence-electron chi connectivity index (χ4n) is 1.14. The van der Waals surface area contributed by atoms with Crippen LogP contribution in [0.5, 0.6) is 0 Å². The van der Waals surface area contributed by atoms with Gasteiger partial charge in [-0.05, 0) is 19.1 Å². The molecule has 1 rings (SSSR count). The van der Waals surface area contributed by atoms with Gasteiger partial charge in [-0.25, -0.2) is 0 Å². The highest BCUT2D eigenvalue weighted by molar-refractivity contribution is 7.86. The van der Waals surface area contributed by atoms with E-state index in [2.05, 4.69) is 0 Å². The zero-order valence-corrected chi connectivity index (χ0v) is 8.51. The van der Waals surface area contributed by atoms with Crippen LogP contribution in [0.25, 0.3) is 0 Å². The Morgan fingerprint density at radius 2 is 2.23 bits per heavy atom. The Bertz CT molecular complexity index is 369. The molecule has 3 N–H and O–H groups in total. The first-order valence-corrected chi connectivity index (χ1v) is 5.43. The van der Waals surface area contributed by atoms with Crippen LogP contribution in [0.4, 0.5) is 0 Å². The van der Waals surface area contributed by atoms with Gasteiger partial charge in [0.25, 0.3) is 10.1 Å². The lowest BCUT2D eigenvalue weighted by molar-refractivity contribution is 0.449. The number of hydrogen-bond acceptors (Lipinski definition) is 3. The molecule has 4 nitrogen and oxygen atoms in total. The lowest BCUT2D eigenvalue weighted by Gasteiger charge is -2.29. The van der Waals surface area contributed by atoms with Gasteiger partial charge in [0.05, 0.1) is 5.54 Å². The Morgan fingerprint density at radius 3 is 2.62 bits per heavy atom. The summed E-state index contributed by atoms with van der Waals surface area (Å²) in [5.74, 6) is 0. The van der Waals surface area contributed by atoms with Crippen molar-refractivity contribution < 1.29 is 13.0 Å². The summed E-state index contributed by atoms with van der Waals surface area (Å²) in [4.78, 5) is 0. The number of halogens is 1. The molecule has 0 spiro atoms. The van der Waals surface area contributed by atoms with Gasteiger partial charge in [-0.3, -0.25) is 4.55 Å². The average molecular weight is 224 g/mol. The summed E-state index contributed by atoms with van der Waals surface area (Å²) >= 11 is 5.59. The highest BCUT2D eigenvalue weighted by Gasteiger charge is 2.37. The van der Waals surface area contributed by atoms with Crippen molar-refractivity contribution in [2.45, 2.75) is 17.7 Å². The maximum absolute atomic E-state index is 10.9. The Kier molecular flexibility index (Phi) is 2.55. The molecular weight excluding hydrogens is 214 g/mol. The van der Waals surface area contributed by atoms with Crippen LogP contribution in [0.15, 0.2) is 23.3 Å². The minimum atomic E-state index is -4.20. The topological polar surface area (TPSA) is 80.4 Å². The van der Waals surface area contributed by atoms with Gasteiger partial charge in [0.1, 0.15) is 5.25 Å². The van der Waals surface area contributed by atoms with Crippen LogP contribution < -0.4 is 5.73 Å². The van der Waals surface area contributed by atoms with E-state index in [0.29, 0.717) is 0 Å². The Hall–Kier alpha value is -0.360. The molecule has 0 aromatic heterocycles. The van der Waals surface area contributed by atoms with Crippen molar-refractivity contribution in [2.24, 2.45) is 5.73 Å². The molecule has 13 heavy (non-hydrogen) atoms. The van der Waals surface area contributed by atoms with E-state index in [1.807, 2.05) is 0 Å². The van der Waals surface area contributed by atoms with Crippen LogP contribution in [0.1, 0.15) is 6.92 Å². The van der Waals surface area contributed by atoms with E-state index in [1.165, 1.54) is 25.2 Å². The second kappa shape index (κ2) is 3.09. The molecule has 0 saturated carbocycles. The molecule has 0 aliphatic heterocycles. The predicted molar refractivity (Wildman–Crippen MR) is 51.0 cm³/mol. The normalized spacial score (nSPS) is 34.5. The quantitative estimate of drug-likeness (QED) is 0.640. The molecule has 0 bridgehead atoms. The molecule has 1 aliphatic rings. The van der Waals surface area contributed by atoms with Crippen molar-refractivity contribution in [1.29, 1.82) is 0 Å². The number of hydrogen-bond donors (Lipinski definition) is 2. The van der Waals surface area contributed by atoms with Crippen LogP contribution in [-0.4, -0.2) is 23.8 Å². The van der Waals surface area contributed by atoms with Crippen LogP contribution in [0, 0.1) is 0 Å². The fourth-order valence-corrected chi connectivity index (χ4v) is 2.44. The molecule has 0 radical (unpaired) electrons. The molecule has 74 valence electrons. The molecule has 0 aromatic rings. The van der Waals surface area contributed by atoms with Crippen LogP contribution in [0.3, 0.4) is 0 Å². The Balaban J connectivity index is 3.17. The van der Waals surface area contributed by atoms with Crippen LogP contribution >= 0.6 is 11.6 Å². The summed E-state index contributed by atoms with van der Waals surface area (Å²) in [6.07, 6.45) is 4.17. The molecule has 1 aliphatic carbocycles. The standard InChI is InChI=1S/C7H10ClNO3S/c1-7(9)3-2-5(8)4-6(7)13(10,11)12/h2-4,6H,9H2,1H3,(H,10,11,12). The summed E-state index contributed by atoms with van der Waals surface area (Å²) in [6.45, 7) is 1.50. The van der Waals surface area contributed by atoms with Gasteiger partial charge in [-0.15, -0.1) is 0 Å². The Labute approximate surface area is 81.8 Å². The average Bonchev–Trinajstić information content (AvgIpc) is 1.92. The second-order valence-corrected chi connectivity index (χ2v) is 5.16. The maximum atomic E-state index is 10.9. The summed E-state index contributed by atoms with van der Waals surface area (Å²) in [5, 5.41) is -0.928. The van der Waals surface area contributed by atoms with E-state index in [9.17, 15) is 8.42 Å². The van der Waals surface area contributed by atoms with Crippen molar-refractivity contribution in [3.63, 3.8) is 0 Å². The third-order valence-electron chi connectivity index (χ3n) is 1.85. The van der Waals surface area contributed by atoms with Gasteiger partial charge in [0.2, 0.25) is 0 Å². The zero-order valence-electron chi connectivity index (χ0n) is 6.94. The molecule has 0 fully saturated rings. The Morgan fingerprint density at radius 1 is 1.69 bits per heavy atom. The zero-order chi connectivity index (χ0) is 10.3. The number of rotatable bonds is 1. The van der Waals surface area contributed by atoms with Crippen molar-refractivity contribution >= 4 is 21.7 Å². The van der Waals surface area contributed by atoms with Crippen molar-refractivity contribution in [3.05, 3.63) is 23.3 Å². The summed E-state index contributed by atoms with van der Waals surface area (Å²) in [6, 6.07) is 0. The number of allylic oxidation sites excluding steroid dienone is 2. The van der Waals surface area contributed by atoms with E-state index in [-0.39, 0.29) is 5.03 Å². The van der Waals surface area contributed by atoms with E-state index in [1.54, 1.807) is 0 Å². The van der Waals surface area contributed by atoms with Crippen molar-refractivity contribution in [3.8, 4) is 0 Å². The first kappa shape index (κ1) is 10.7. The minimum absolute atomic E-state index is 0.255. The van der Waals surface area contributed by atoms with Gasteiger partial charge in [-0.2, -0.15) is 8.42 Å². The largest absolute Gasteiger partial charge is 0.321 e. The predicted octanol–water partition coefficient (Wildman–Crippen LogP) is 0.653. The van der Waals surface area contributed by atoms with E-state index in [4.69, 9.17) is 21.9 Å². The molecule has 0 heterocycles. The third-order valence-corrected chi connectivity index (χ3v) is 3.38. The number of nitrogens with two attached hydrogens (primary N) is 1. The van der Waals surface area contributed by atoms with E-state index in [0.717, 1.165) is 0 Å². The van der Waals surface area contributed by atoms with Gasteiger partial charge < -0.3 is 5.73 Å². The van der Waals surface area contributed by atoms with Gasteiger partial charge >= 0.3 is 0 Å². The summed E-state index contributed by atoms with van der Waals surface area (Å²) in [7, 11) is -4.20. The SMILES string of the molecule is CC1(N)C=CC(Cl)=CC1S(=O)(=O)O. The molecule has 0 amide bonds. The smallest absolute Gasteiger partial charge is 0.273 e. The minimum Gasteiger partial charge on any atom is -0.321 e. The molecule has 0 aromatic carbocycles. The molecule has 6 heteroatoms. The summed E-state index contributed by atoms with van der Waals surface area (Å²) in [5.41, 5.74) is 4.52. The lowest BCUT2D eigenvalue weighted by Crippen LogP contribution is -2.50. The van der Waals surface area contributed by atoms with E-state index >= 15 is 0 Å². The first-order chi connectivity index (χ1) is 5.73. The van der Waals surface area contributed by atoms with E-state index < -0.39 is 20.9 Å². The monoisotopic (exact) mass is 223 g/mol. The third kappa shape index (κ3) is 2.31. The molecule has 0 saturated heterocycles.